The molecule has 2 aromatic carbocycles. The number of hydrogen-bond acceptors (Lipinski definition) is 2. The van der Waals surface area contributed by atoms with E-state index in [1.165, 1.54) is 12.1 Å². The molecular formula is C18H18FNO2. The molecule has 0 aromatic heterocycles. The summed E-state index contributed by atoms with van der Waals surface area (Å²) in [5.74, 6) is 0.404. The first-order valence-corrected chi connectivity index (χ1v) is 7.39. The number of rotatable bonds is 3. The second kappa shape index (κ2) is 6.18. The van der Waals surface area contributed by atoms with Crippen molar-refractivity contribution < 1.29 is 13.9 Å². The average molecular weight is 299 g/mol. The van der Waals surface area contributed by atoms with Crippen LogP contribution in [-0.4, -0.2) is 24.5 Å². The molecule has 0 spiro atoms. The number of carbonyl (C=O) groups excluding carboxylic acids is 1. The molecule has 3 nitrogen and oxygen atoms in total. The van der Waals surface area contributed by atoms with E-state index in [-0.39, 0.29) is 17.8 Å². The van der Waals surface area contributed by atoms with Crippen molar-refractivity contribution in [1.29, 1.82) is 0 Å². The molecule has 1 atom stereocenters. The third kappa shape index (κ3) is 2.82. The number of hydrogen-bond donors (Lipinski definition) is 0. The monoisotopic (exact) mass is 299 g/mol. The quantitative estimate of drug-likeness (QED) is 0.862. The molecule has 0 bridgehead atoms. The Bertz CT molecular complexity index is 669. The number of carbonyl (C=O) groups is 1. The number of benzene rings is 2. The lowest BCUT2D eigenvalue weighted by molar-refractivity contribution is 0.0735. The predicted molar refractivity (Wildman–Crippen MR) is 82.4 cm³/mol. The Kier molecular flexibility index (Phi) is 4.09. The topological polar surface area (TPSA) is 29.5 Å². The van der Waals surface area contributed by atoms with Crippen LogP contribution in [0.15, 0.2) is 48.5 Å². The van der Waals surface area contributed by atoms with Crippen LogP contribution in [0.4, 0.5) is 4.39 Å². The van der Waals surface area contributed by atoms with E-state index in [2.05, 4.69) is 0 Å². The normalized spacial score (nSPS) is 17.5. The number of likely N-dealkylation sites (tertiary alicyclic amines) is 1. The number of halogens is 1. The fourth-order valence-corrected chi connectivity index (χ4v) is 2.96. The number of nitrogens with zero attached hydrogens (tertiary/aromatic N) is 1. The van der Waals surface area contributed by atoms with Crippen molar-refractivity contribution in [3.8, 4) is 5.75 Å². The molecule has 1 aliphatic heterocycles. The van der Waals surface area contributed by atoms with E-state index in [0.29, 0.717) is 11.3 Å². The number of ether oxygens (including phenoxy) is 1. The van der Waals surface area contributed by atoms with Crippen molar-refractivity contribution in [2.24, 2.45) is 0 Å². The maximum atomic E-state index is 13.1. The summed E-state index contributed by atoms with van der Waals surface area (Å²) < 4.78 is 18.3. The first-order chi connectivity index (χ1) is 10.7. The first kappa shape index (κ1) is 14.6. The fourth-order valence-electron chi connectivity index (χ4n) is 2.96. The van der Waals surface area contributed by atoms with Crippen LogP contribution in [0, 0.1) is 5.82 Å². The van der Waals surface area contributed by atoms with Gasteiger partial charge in [-0.15, -0.1) is 0 Å². The standard InChI is InChI=1S/C18H18FNO2/c1-22-16-5-2-4-14(12-16)18(21)20-11-3-6-17(20)13-7-9-15(19)10-8-13/h2,4-5,7-10,12,17H,3,6,11H2,1H3. The highest BCUT2D eigenvalue weighted by molar-refractivity contribution is 5.95. The maximum absolute atomic E-state index is 13.1. The van der Waals surface area contributed by atoms with Crippen LogP contribution < -0.4 is 4.74 Å². The van der Waals surface area contributed by atoms with E-state index in [0.717, 1.165) is 24.9 Å². The minimum Gasteiger partial charge on any atom is -0.497 e. The van der Waals surface area contributed by atoms with E-state index in [4.69, 9.17) is 4.74 Å². The van der Waals surface area contributed by atoms with Crippen LogP contribution in [0.1, 0.15) is 34.8 Å². The molecule has 0 radical (unpaired) electrons. The largest absolute Gasteiger partial charge is 0.497 e. The minimum atomic E-state index is -0.257. The van der Waals surface area contributed by atoms with Crippen LogP contribution in [-0.2, 0) is 0 Å². The lowest BCUT2D eigenvalue weighted by Gasteiger charge is -2.25. The van der Waals surface area contributed by atoms with Gasteiger partial charge in [-0.25, -0.2) is 4.39 Å². The molecule has 1 saturated heterocycles. The van der Waals surface area contributed by atoms with Crippen molar-refractivity contribution in [2.45, 2.75) is 18.9 Å². The fraction of sp³-hybridized carbons (Fsp3) is 0.278. The zero-order valence-electron chi connectivity index (χ0n) is 12.5. The summed E-state index contributed by atoms with van der Waals surface area (Å²) in [6.45, 7) is 0.720. The van der Waals surface area contributed by atoms with Crippen molar-refractivity contribution in [3.05, 3.63) is 65.5 Å². The minimum absolute atomic E-state index is 0.00859. The summed E-state index contributed by atoms with van der Waals surface area (Å²) in [6, 6.07) is 13.6. The molecule has 1 unspecified atom stereocenters. The highest BCUT2D eigenvalue weighted by Gasteiger charge is 2.30. The molecule has 1 amide bonds. The number of methoxy groups -OCH3 is 1. The summed E-state index contributed by atoms with van der Waals surface area (Å²) in [4.78, 5) is 14.6. The molecule has 0 aliphatic carbocycles. The lowest BCUT2D eigenvalue weighted by Crippen LogP contribution is -2.30. The second-order valence-corrected chi connectivity index (χ2v) is 5.44. The zero-order valence-corrected chi connectivity index (χ0v) is 12.5. The third-order valence-electron chi connectivity index (χ3n) is 4.09. The molecule has 2 aromatic rings. The van der Waals surface area contributed by atoms with E-state index >= 15 is 0 Å². The zero-order chi connectivity index (χ0) is 15.5. The maximum Gasteiger partial charge on any atom is 0.254 e. The summed E-state index contributed by atoms with van der Waals surface area (Å²) in [5, 5.41) is 0. The van der Waals surface area contributed by atoms with E-state index in [9.17, 15) is 9.18 Å². The van der Waals surface area contributed by atoms with Gasteiger partial charge in [0.25, 0.3) is 5.91 Å². The Hall–Kier alpha value is -2.36. The van der Waals surface area contributed by atoms with Crippen LogP contribution in [0.25, 0.3) is 0 Å². The second-order valence-electron chi connectivity index (χ2n) is 5.44. The highest BCUT2D eigenvalue weighted by atomic mass is 19.1. The van der Waals surface area contributed by atoms with Gasteiger partial charge in [0.2, 0.25) is 0 Å². The van der Waals surface area contributed by atoms with Gasteiger partial charge in [-0.05, 0) is 48.7 Å². The van der Waals surface area contributed by atoms with Crippen LogP contribution >= 0.6 is 0 Å². The highest BCUT2D eigenvalue weighted by Crippen LogP contribution is 2.33. The predicted octanol–water partition coefficient (Wildman–Crippen LogP) is 3.81. The van der Waals surface area contributed by atoms with Crippen molar-refractivity contribution in [1.82, 2.24) is 4.90 Å². The Balaban J connectivity index is 1.85. The molecule has 114 valence electrons. The molecule has 4 heteroatoms. The molecule has 0 saturated carbocycles. The Morgan fingerprint density at radius 3 is 2.73 bits per heavy atom. The summed E-state index contributed by atoms with van der Waals surface area (Å²) in [5.41, 5.74) is 1.60. The van der Waals surface area contributed by atoms with E-state index < -0.39 is 0 Å². The van der Waals surface area contributed by atoms with Gasteiger partial charge in [-0.2, -0.15) is 0 Å². The molecule has 1 fully saturated rings. The Morgan fingerprint density at radius 1 is 1.23 bits per heavy atom. The Labute approximate surface area is 129 Å². The van der Waals surface area contributed by atoms with Gasteiger partial charge in [-0.1, -0.05) is 18.2 Å². The molecule has 22 heavy (non-hydrogen) atoms. The van der Waals surface area contributed by atoms with Crippen molar-refractivity contribution >= 4 is 5.91 Å². The smallest absolute Gasteiger partial charge is 0.254 e. The van der Waals surface area contributed by atoms with Crippen LogP contribution in [0.2, 0.25) is 0 Å². The third-order valence-corrected chi connectivity index (χ3v) is 4.09. The van der Waals surface area contributed by atoms with Crippen molar-refractivity contribution in [3.63, 3.8) is 0 Å². The van der Waals surface area contributed by atoms with E-state index in [1.54, 1.807) is 31.4 Å². The van der Waals surface area contributed by atoms with E-state index in [1.807, 2.05) is 17.0 Å². The molecular weight excluding hydrogens is 281 g/mol. The van der Waals surface area contributed by atoms with Gasteiger partial charge < -0.3 is 9.64 Å². The van der Waals surface area contributed by atoms with Gasteiger partial charge in [0.15, 0.2) is 0 Å². The molecule has 1 aliphatic rings. The first-order valence-electron chi connectivity index (χ1n) is 7.39. The summed E-state index contributed by atoms with van der Waals surface area (Å²) in [6.07, 6.45) is 1.86. The molecule has 0 N–H and O–H groups in total. The Morgan fingerprint density at radius 2 is 2.00 bits per heavy atom. The van der Waals surface area contributed by atoms with Crippen LogP contribution in [0.3, 0.4) is 0 Å². The average Bonchev–Trinajstić information content (AvgIpc) is 3.04. The van der Waals surface area contributed by atoms with Gasteiger partial charge in [0, 0.05) is 12.1 Å². The van der Waals surface area contributed by atoms with Crippen molar-refractivity contribution in [2.75, 3.05) is 13.7 Å². The van der Waals surface area contributed by atoms with Gasteiger partial charge in [-0.3, -0.25) is 4.79 Å². The van der Waals surface area contributed by atoms with Gasteiger partial charge in [0.1, 0.15) is 11.6 Å². The summed E-state index contributed by atoms with van der Waals surface area (Å²) >= 11 is 0. The SMILES string of the molecule is COc1cccc(C(=O)N2CCCC2c2ccc(F)cc2)c1. The number of amides is 1. The van der Waals surface area contributed by atoms with Gasteiger partial charge >= 0.3 is 0 Å². The summed E-state index contributed by atoms with van der Waals surface area (Å²) in [7, 11) is 1.58. The lowest BCUT2D eigenvalue weighted by atomic mass is 10.0. The van der Waals surface area contributed by atoms with Gasteiger partial charge in [0.05, 0.1) is 13.2 Å². The van der Waals surface area contributed by atoms with Crippen LogP contribution in [0.5, 0.6) is 5.75 Å². The molecule has 3 rings (SSSR count). The molecule has 1 heterocycles.